The first-order chi connectivity index (χ1) is 11.8. The zero-order valence-corrected chi connectivity index (χ0v) is 13.9. The molecule has 2 aliphatic carbocycles. The molecule has 2 aromatic rings. The van der Waals surface area contributed by atoms with Gasteiger partial charge in [-0.3, -0.25) is 14.4 Å². The van der Waals surface area contributed by atoms with Crippen LogP contribution in [0.25, 0.3) is 0 Å². The lowest BCUT2D eigenvalue weighted by Gasteiger charge is -2.31. The summed E-state index contributed by atoms with van der Waals surface area (Å²) in [6.45, 7) is 1.60. The summed E-state index contributed by atoms with van der Waals surface area (Å²) in [5, 5.41) is 10.3. The highest BCUT2D eigenvalue weighted by Crippen LogP contribution is 2.38. The summed E-state index contributed by atoms with van der Waals surface area (Å²) in [6, 6.07) is 8.08. The minimum atomic E-state index is -1.14. The third kappa shape index (κ3) is 2.16. The molecule has 0 aliphatic heterocycles. The first-order valence-corrected chi connectivity index (χ1v) is 8.02. The van der Waals surface area contributed by atoms with E-state index in [9.17, 15) is 19.5 Å². The summed E-state index contributed by atoms with van der Waals surface area (Å²) >= 11 is 0. The Hall–Kier alpha value is -2.79. The smallest absolute Gasteiger partial charge is 0.198 e. The predicted octanol–water partition coefficient (Wildman–Crippen LogP) is 2.35. The molecule has 0 spiro atoms. The zero-order chi connectivity index (χ0) is 17.9. The Morgan fingerprint density at radius 3 is 2.32 bits per heavy atom. The van der Waals surface area contributed by atoms with Gasteiger partial charge in [-0.05, 0) is 24.6 Å². The highest BCUT2D eigenvalue weighted by molar-refractivity contribution is 6.32. The number of aliphatic hydroxyl groups is 1. The lowest BCUT2D eigenvalue weighted by atomic mass is 9.73. The number of hydrogen-bond acceptors (Lipinski definition) is 5. The van der Waals surface area contributed by atoms with Gasteiger partial charge in [-0.1, -0.05) is 18.2 Å². The molecular formula is C20H16O5. The molecule has 5 heteroatoms. The third-order valence-corrected chi connectivity index (χ3v) is 4.87. The molecule has 2 aliphatic rings. The molecule has 2 aromatic carbocycles. The van der Waals surface area contributed by atoms with Gasteiger partial charge in [0.05, 0.1) is 18.3 Å². The van der Waals surface area contributed by atoms with E-state index in [1.807, 2.05) is 0 Å². The summed E-state index contributed by atoms with van der Waals surface area (Å²) in [6.07, 6.45) is 0.205. The number of ether oxygens (including phenoxy) is 1. The molecule has 5 nitrogen and oxygen atoms in total. The minimum Gasteiger partial charge on any atom is -0.496 e. The molecule has 0 heterocycles. The third-order valence-electron chi connectivity index (χ3n) is 4.87. The van der Waals surface area contributed by atoms with Crippen LogP contribution in [0.4, 0.5) is 0 Å². The van der Waals surface area contributed by atoms with Gasteiger partial charge in [0.15, 0.2) is 17.3 Å². The maximum absolute atomic E-state index is 13.1. The van der Waals surface area contributed by atoms with E-state index in [0.717, 1.165) is 0 Å². The van der Waals surface area contributed by atoms with Crippen molar-refractivity contribution in [3.8, 4) is 5.75 Å². The fourth-order valence-electron chi connectivity index (χ4n) is 3.84. The van der Waals surface area contributed by atoms with Crippen LogP contribution in [0.3, 0.4) is 0 Å². The largest absolute Gasteiger partial charge is 0.496 e. The van der Waals surface area contributed by atoms with Gasteiger partial charge in [0.2, 0.25) is 0 Å². The predicted molar refractivity (Wildman–Crippen MR) is 89.6 cm³/mol. The quantitative estimate of drug-likeness (QED) is 0.738. The fraction of sp³-hybridized carbons (Fsp3) is 0.250. The topological polar surface area (TPSA) is 80.7 Å². The summed E-state index contributed by atoms with van der Waals surface area (Å²) in [7, 11) is 1.45. The Kier molecular flexibility index (Phi) is 3.21. The summed E-state index contributed by atoms with van der Waals surface area (Å²) in [5.74, 6) is -0.644. The number of carbonyl (C=O) groups is 3. The number of methoxy groups -OCH3 is 1. The Morgan fingerprint density at radius 2 is 1.60 bits per heavy atom. The number of fused-ring (bicyclic) bond motifs is 4. The van der Waals surface area contributed by atoms with Crippen LogP contribution in [0, 0.1) is 0 Å². The monoisotopic (exact) mass is 336 g/mol. The van der Waals surface area contributed by atoms with Crippen molar-refractivity contribution in [1.82, 2.24) is 0 Å². The molecular weight excluding hydrogens is 320 g/mol. The van der Waals surface area contributed by atoms with Crippen LogP contribution in [0.1, 0.15) is 61.1 Å². The van der Waals surface area contributed by atoms with Crippen molar-refractivity contribution in [1.29, 1.82) is 0 Å². The maximum atomic E-state index is 13.1. The first kappa shape index (κ1) is 15.7. The molecule has 0 radical (unpaired) electrons. The number of ketones is 3. The van der Waals surface area contributed by atoms with Gasteiger partial charge in [-0.15, -0.1) is 0 Å². The number of benzene rings is 2. The van der Waals surface area contributed by atoms with Crippen LogP contribution in [-0.4, -0.2) is 35.2 Å². The average Bonchev–Trinajstić information content (AvgIpc) is 2.57. The van der Waals surface area contributed by atoms with E-state index in [2.05, 4.69) is 0 Å². The molecule has 0 unspecified atom stereocenters. The van der Waals surface area contributed by atoms with Crippen molar-refractivity contribution in [3.63, 3.8) is 0 Å². The summed E-state index contributed by atoms with van der Waals surface area (Å²) < 4.78 is 5.23. The van der Waals surface area contributed by atoms with Crippen molar-refractivity contribution in [2.24, 2.45) is 0 Å². The maximum Gasteiger partial charge on any atom is 0.198 e. The summed E-state index contributed by atoms with van der Waals surface area (Å²) in [5.41, 5.74) is 0.595. The van der Waals surface area contributed by atoms with E-state index in [0.29, 0.717) is 11.3 Å². The Labute approximate surface area is 144 Å². The molecule has 0 amide bonds. The lowest BCUT2D eigenvalue weighted by molar-refractivity contribution is 0.0409. The second-order valence-electron chi connectivity index (χ2n) is 6.84. The molecule has 25 heavy (non-hydrogen) atoms. The first-order valence-electron chi connectivity index (χ1n) is 8.02. The summed E-state index contributed by atoms with van der Waals surface area (Å²) in [4.78, 5) is 38.7. The van der Waals surface area contributed by atoms with E-state index in [1.165, 1.54) is 7.11 Å². The van der Waals surface area contributed by atoms with E-state index >= 15 is 0 Å². The second kappa shape index (κ2) is 5.10. The Balaban J connectivity index is 2.00. The molecule has 0 saturated carbocycles. The van der Waals surface area contributed by atoms with Gasteiger partial charge in [-0.2, -0.15) is 0 Å². The van der Waals surface area contributed by atoms with Crippen LogP contribution >= 0.6 is 0 Å². The van der Waals surface area contributed by atoms with Crippen LogP contribution in [-0.2, 0) is 6.42 Å². The number of Topliss-reactive ketones (excluding diaryl/α,β-unsaturated/α-hetero) is 1. The highest BCUT2D eigenvalue weighted by Gasteiger charge is 2.40. The van der Waals surface area contributed by atoms with E-state index in [1.54, 1.807) is 37.3 Å². The Morgan fingerprint density at radius 1 is 0.920 bits per heavy atom. The van der Waals surface area contributed by atoms with E-state index in [4.69, 9.17) is 4.74 Å². The SMILES string of the molecule is COc1cccc2c1C(=O)c1ccc3c(c1C2=O)C(=O)C[C@@](C)(O)C3. The molecule has 0 saturated heterocycles. The molecule has 4 rings (SSSR count). The van der Waals surface area contributed by atoms with E-state index < -0.39 is 5.60 Å². The molecule has 126 valence electrons. The van der Waals surface area contributed by atoms with Crippen molar-refractivity contribution < 1.29 is 24.2 Å². The van der Waals surface area contributed by atoms with Gasteiger partial charge in [0.25, 0.3) is 0 Å². The van der Waals surface area contributed by atoms with Crippen LogP contribution < -0.4 is 4.74 Å². The second-order valence-corrected chi connectivity index (χ2v) is 6.84. The minimum absolute atomic E-state index is 0.0666. The van der Waals surface area contributed by atoms with Gasteiger partial charge < -0.3 is 9.84 Å². The highest BCUT2D eigenvalue weighted by atomic mass is 16.5. The van der Waals surface area contributed by atoms with Crippen LogP contribution in [0.15, 0.2) is 30.3 Å². The molecule has 0 aromatic heterocycles. The van der Waals surface area contributed by atoms with Gasteiger partial charge in [-0.25, -0.2) is 0 Å². The van der Waals surface area contributed by atoms with Gasteiger partial charge in [0.1, 0.15) is 5.75 Å². The van der Waals surface area contributed by atoms with Gasteiger partial charge in [0, 0.05) is 35.1 Å². The van der Waals surface area contributed by atoms with Crippen molar-refractivity contribution >= 4 is 17.3 Å². The zero-order valence-electron chi connectivity index (χ0n) is 13.9. The number of carbonyl (C=O) groups excluding carboxylic acids is 3. The molecule has 0 bridgehead atoms. The molecule has 1 atom stereocenters. The molecule has 0 fully saturated rings. The fourth-order valence-corrected chi connectivity index (χ4v) is 3.84. The lowest BCUT2D eigenvalue weighted by Crippen LogP contribution is -2.37. The van der Waals surface area contributed by atoms with Crippen molar-refractivity contribution in [3.05, 3.63) is 63.7 Å². The number of rotatable bonds is 1. The average molecular weight is 336 g/mol. The van der Waals surface area contributed by atoms with Crippen LogP contribution in [0.2, 0.25) is 0 Å². The normalized spacial score (nSPS) is 21.5. The van der Waals surface area contributed by atoms with E-state index in [-0.39, 0.29) is 58.0 Å². The Bertz CT molecular complexity index is 968. The van der Waals surface area contributed by atoms with Crippen molar-refractivity contribution in [2.45, 2.75) is 25.4 Å². The number of hydrogen-bond donors (Lipinski definition) is 1. The standard InChI is InChI=1S/C20H16O5/c1-20(24)8-10-6-7-12-17(15(10)13(21)9-20)19(23)11-4-3-5-14(25-2)16(11)18(12)22/h3-7,24H,8-9H2,1-2H3/t20-/m0/s1. The molecule has 1 N–H and O–H groups in total. The van der Waals surface area contributed by atoms with Gasteiger partial charge >= 0.3 is 0 Å². The van der Waals surface area contributed by atoms with Crippen molar-refractivity contribution in [2.75, 3.05) is 7.11 Å². The van der Waals surface area contributed by atoms with Crippen LogP contribution in [0.5, 0.6) is 5.75 Å².